The summed E-state index contributed by atoms with van der Waals surface area (Å²) in [5, 5.41) is 3.30. The standard InChI is InChI=1S/C22H26N6O/c1-3-29-19-9-7-18(8-10-19)25-22-24-17(2)16-21(26-22)28-14-12-27(13-15-28)20-6-4-5-11-23-20/h4-11,16H,3,12-15H2,1-2H3,(H,24,25,26). The van der Waals surface area contributed by atoms with E-state index in [-0.39, 0.29) is 0 Å². The molecule has 0 bridgehead atoms. The molecule has 0 radical (unpaired) electrons. The van der Waals surface area contributed by atoms with Crippen molar-refractivity contribution in [3.8, 4) is 5.75 Å². The van der Waals surface area contributed by atoms with Crippen LogP contribution in [0.25, 0.3) is 0 Å². The molecule has 3 heterocycles. The van der Waals surface area contributed by atoms with Gasteiger partial charge >= 0.3 is 0 Å². The van der Waals surface area contributed by atoms with E-state index in [1.807, 2.05) is 62.5 Å². The molecule has 0 amide bonds. The summed E-state index contributed by atoms with van der Waals surface area (Å²) < 4.78 is 5.50. The molecule has 0 atom stereocenters. The van der Waals surface area contributed by atoms with Crippen molar-refractivity contribution in [1.29, 1.82) is 0 Å². The monoisotopic (exact) mass is 390 g/mol. The third-order valence-corrected chi connectivity index (χ3v) is 4.84. The van der Waals surface area contributed by atoms with Crippen LogP contribution in [0.4, 0.5) is 23.3 Å². The molecule has 1 fully saturated rings. The normalized spacial score (nSPS) is 14.0. The molecule has 7 nitrogen and oxygen atoms in total. The molecular formula is C22H26N6O. The number of rotatable bonds is 6. The summed E-state index contributed by atoms with van der Waals surface area (Å²) in [7, 11) is 0. The first kappa shape index (κ1) is 19.0. The molecule has 1 saturated heterocycles. The van der Waals surface area contributed by atoms with E-state index in [4.69, 9.17) is 9.72 Å². The van der Waals surface area contributed by atoms with E-state index < -0.39 is 0 Å². The predicted octanol–water partition coefficient (Wildman–Crippen LogP) is 3.65. The molecule has 0 unspecified atom stereocenters. The van der Waals surface area contributed by atoms with Gasteiger partial charge < -0.3 is 19.9 Å². The summed E-state index contributed by atoms with van der Waals surface area (Å²) in [5.74, 6) is 3.45. The summed E-state index contributed by atoms with van der Waals surface area (Å²) in [6.45, 7) is 8.27. The minimum absolute atomic E-state index is 0.608. The van der Waals surface area contributed by atoms with Crippen LogP contribution in [-0.2, 0) is 0 Å². The molecule has 2 aromatic heterocycles. The third-order valence-electron chi connectivity index (χ3n) is 4.84. The molecule has 7 heteroatoms. The highest BCUT2D eigenvalue weighted by Gasteiger charge is 2.19. The minimum Gasteiger partial charge on any atom is -0.494 e. The van der Waals surface area contributed by atoms with Crippen molar-refractivity contribution < 1.29 is 4.74 Å². The number of pyridine rings is 1. The van der Waals surface area contributed by atoms with Gasteiger partial charge in [0, 0.05) is 49.8 Å². The Morgan fingerprint density at radius 3 is 2.31 bits per heavy atom. The van der Waals surface area contributed by atoms with Gasteiger partial charge in [0.25, 0.3) is 0 Å². The lowest BCUT2D eigenvalue weighted by atomic mass is 10.3. The fraction of sp³-hybridized carbons (Fsp3) is 0.318. The van der Waals surface area contributed by atoms with Gasteiger partial charge in [-0.05, 0) is 50.2 Å². The first-order chi connectivity index (χ1) is 14.2. The second-order valence-corrected chi connectivity index (χ2v) is 6.94. The van der Waals surface area contributed by atoms with Crippen molar-refractivity contribution in [3.05, 3.63) is 60.4 Å². The Balaban J connectivity index is 1.43. The van der Waals surface area contributed by atoms with Gasteiger partial charge in [0.15, 0.2) is 0 Å². The zero-order valence-electron chi connectivity index (χ0n) is 16.9. The van der Waals surface area contributed by atoms with Crippen LogP contribution in [0.2, 0.25) is 0 Å². The SMILES string of the molecule is CCOc1ccc(Nc2nc(C)cc(N3CCN(c4ccccn4)CC3)n2)cc1. The Hall–Kier alpha value is -3.35. The molecule has 0 saturated carbocycles. The predicted molar refractivity (Wildman–Crippen MR) is 116 cm³/mol. The third kappa shape index (κ3) is 4.74. The maximum atomic E-state index is 5.50. The van der Waals surface area contributed by atoms with Crippen LogP contribution in [-0.4, -0.2) is 47.7 Å². The smallest absolute Gasteiger partial charge is 0.229 e. The number of nitrogens with zero attached hydrogens (tertiary/aromatic N) is 5. The van der Waals surface area contributed by atoms with Crippen LogP contribution < -0.4 is 19.9 Å². The fourth-order valence-corrected chi connectivity index (χ4v) is 3.41. The minimum atomic E-state index is 0.608. The summed E-state index contributed by atoms with van der Waals surface area (Å²) in [6, 6.07) is 15.9. The molecule has 1 aliphatic rings. The maximum absolute atomic E-state index is 5.50. The largest absolute Gasteiger partial charge is 0.494 e. The highest BCUT2D eigenvalue weighted by molar-refractivity contribution is 5.57. The Bertz CT molecular complexity index is 924. The highest BCUT2D eigenvalue weighted by atomic mass is 16.5. The van der Waals surface area contributed by atoms with Crippen molar-refractivity contribution >= 4 is 23.3 Å². The number of nitrogens with one attached hydrogen (secondary N) is 1. The second kappa shape index (κ2) is 8.77. The van der Waals surface area contributed by atoms with Crippen LogP contribution in [0.15, 0.2) is 54.7 Å². The Labute approximate surface area is 171 Å². The molecule has 3 aromatic rings. The van der Waals surface area contributed by atoms with Crippen molar-refractivity contribution in [2.24, 2.45) is 0 Å². The lowest BCUT2D eigenvalue weighted by Crippen LogP contribution is -2.47. The highest BCUT2D eigenvalue weighted by Crippen LogP contribution is 2.22. The molecule has 4 rings (SSSR count). The number of hydrogen-bond donors (Lipinski definition) is 1. The summed E-state index contributed by atoms with van der Waals surface area (Å²) in [5.41, 5.74) is 1.88. The van der Waals surface area contributed by atoms with Crippen LogP contribution >= 0.6 is 0 Å². The average molecular weight is 390 g/mol. The first-order valence-corrected chi connectivity index (χ1v) is 9.98. The lowest BCUT2D eigenvalue weighted by Gasteiger charge is -2.36. The number of anilines is 4. The zero-order chi connectivity index (χ0) is 20.1. The summed E-state index contributed by atoms with van der Waals surface area (Å²) in [6.07, 6.45) is 1.84. The molecule has 0 aliphatic carbocycles. The van der Waals surface area contributed by atoms with E-state index in [2.05, 4.69) is 31.2 Å². The molecule has 0 spiro atoms. The molecular weight excluding hydrogens is 364 g/mol. The lowest BCUT2D eigenvalue weighted by molar-refractivity contribution is 0.340. The Kier molecular flexibility index (Phi) is 5.74. The molecule has 1 aromatic carbocycles. The van der Waals surface area contributed by atoms with E-state index in [0.29, 0.717) is 12.6 Å². The molecule has 29 heavy (non-hydrogen) atoms. The van der Waals surface area contributed by atoms with Crippen LogP contribution in [0.3, 0.4) is 0 Å². The topological polar surface area (TPSA) is 66.4 Å². The van der Waals surface area contributed by atoms with Gasteiger partial charge in [-0.2, -0.15) is 4.98 Å². The number of ether oxygens (including phenoxy) is 1. The number of hydrogen-bond acceptors (Lipinski definition) is 7. The fourth-order valence-electron chi connectivity index (χ4n) is 3.41. The number of aromatic nitrogens is 3. The number of aryl methyl sites for hydroxylation is 1. The van der Waals surface area contributed by atoms with E-state index in [9.17, 15) is 0 Å². The molecule has 1 aliphatic heterocycles. The van der Waals surface area contributed by atoms with Gasteiger partial charge in [-0.3, -0.25) is 0 Å². The second-order valence-electron chi connectivity index (χ2n) is 6.94. The van der Waals surface area contributed by atoms with Gasteiger partial charge in [-0.25, -0.2) is 9.97 Å². The maximum Gasteiger partial charge on any atom is 0.229 e. The Morgan fingerprint density at radius 2 is 1.66 bits per heavy atom. The molecule has 150 valence electrons. The van der Waals surface area contributed by atoms with Crippen molar-refractivity contribution in [3.63, 3.8) is 0 Å². The summed E-state index contributed by atoms with van der Waals surface area (Å²) >= 11 is 0. The van der Waals surface area contributed by atoms with E-state index in [1.165, 1.54) is 0 Å². The van der Waals surface area contributed by atoms with Crippen LogP contribution in [0.1, 0.15) is 12.6 Å². The Morgan fingerprint density at radius 1 is 0.931 bits per heavy atom. The van der Waals surface area contributed by atoms with Crippen molar-refractivity contribution in [2.75, 3.05) is 47.9 Å². The first-order valence-electron chi connectivity index (χ1n) is 9.98. The van der Waals surface area contributed by atoms with Gasteiger partial charge in [-0.1, -0.05) is 6.07 Å². The van der Waals surface area contributed by atoms with Crippen molar-refractivity contribution in [1.82, 2.24) is 15.0 Å². The van der Waals surface area contributed by atoms with E-state index in [0.717, 1.165) is 54.9 Å². The van der Waals surface area contributed by atoms with Gasteiger partial charge in [0.1, 0.15) is 17.4 Å². The van der Waals surface area contributed by atoms with Gasteiger partial charge in [0.05, 0.1) is 6.61 Å². The molecule has 1 N–H and O–H groups in total. The van der Waals surface area contributed by atoms with E-state index in [1.54, 1.807) is 0 Å². The van der Waals surface area contributed by atoms with Gasteiger partial charge in [-0.15, -0.1) is 0 Å². The average Bonchev–Trinajstić information content (AvgIpc) is 2.76. The van der Waals surface area contributed by atoms with Gasteiger partial charge in [0.2, 0.25) is 5.95 Å². The van der Waals surface area contributed by atoms with Crippen LogP contribution in [0, 0.1) is 6.92 Å². The van der Waals surface area contributed by atoms with E-state index >= 15 is 0 Å². The number of benzene rings is 1. The number of piperazine rings is 1. The van der Waals surface area contributed by atoms with Crippen molar-refractivity contribution in [2.45, 2.75) is 13.8 Å². The quantitative estimate of drug-likeness (QED) is 0.689. The zero-order valence-corrected chi connectivity index (χ0v) is 16.9. The van der Waals surface area contributed by atoms with Crippen LogP contribution in [0.5, 0.6) is 5.75 Å². The summed E-state index contributed by atoms with van der Waals surface area (Å²) in [4.78, 5) is 18.4.